The van der Waals surface area contributed by atoms with Gasteiger partial charge in [0.15, 0.2) is 0 Å². The van der Waals surface area contributed by atoms with Crippen LogP contribution in [-0.2, 0) is 6.54 Å². The Morgan fingerprint density at radius 1 is 1.41 bits per heavy atom. The fourth-order valence-corrected chi connectivity index (χ4v) is 2.50. The quantitative estimate of drug-likeness (QED) is 0.839. The molecule has 0 radical (unpaired) electrons. The van der Waals surface area contributed by atoms with Crippen molar-refractivity contribution in [2.45, 2.75) is 39.3 Å². The van der Waals surface area contributed by atoms with Gasteiger partial charge in [0.2, 0.25) is 0 Å². The average molecular weight is 232 g/mol. The monoisotopic (exact) mass is 232 g/mol. The van der Waals surface area contributed by atoms with Crippen LogP contribution in [0.5, 0.6) is 0 Å². The summed E-state index contributed by atoms with van der Waals surface area (Å²) in [4.78, 5) is 2.45. The molecule has 1 aromatic carbocycles. The molecule has 94 valence electrons. The lowest BCUT2D eigenvalue weighted by Gasteiger charge is -2.29. The van der Waals surface area contributed by atoms with Gasteiger partial charge in [0, 0.05) is 25.3 Å². The molecule has 1 fully saturated rings. The van der Waals surface area contributed by atoms with Crippen molar-refractivity contribution in [1.82, 2.24) is 5.32 Å². The minimum absolute atomic E-state index is 0.660. The lowest BCUT2D eigenvalue weighted by atomic mass is 10.1. The maximum atomic E-state index is 3.26. The van der Waals surface area contributed by atoms with E-state index in [1.165, 1.54) is 29.7 Å². The van der Waals surface area contributed by atoms with Crippen LogP contribution in [0.3, 0.4) is 0 Å². The number of aryl methyl sites for hydroxylation is 1. The van der Waals surface area contributed by atoms with Crippen molar-refractivity contribution < 1.29 is 0 Å². The largest absolute Gasteiger partial charge is 0.371 e. The Labute approximate surface area is 105 Å². The fraction of sp³-hybridized carbons (Fsp3) is 0.600. The zero-order valence-electron chi connectivity index (χ0n) is 11.5. The number of nitrogens with one attached hydrogen (secondary N) is 1. The minimum atomic E-state index is 0.660. The molecule has 0 spiro atoms. The van der Waals surface area contributed by atoms with E-state index in [9.17, 15) is 0 Å². The first-order chi connectivity index (χ1) is 8.13. The summed E-state index contributed by atoms with van der Waals surface area (Å²) in [6.07, 6.45) is 2.80. The number of rotatable bonds is 5. The molecule has 0 aliphatic heterocycles. The molecule has 0 heterocycles. The summed E-state index contributed by atoms with van der Waals surface area (Å²) in [6, 6.07) is 7.43. The highest BCUT2D eigenvalue weighted by atomic mass is 15.1. The van der Waals surface area contributed by atoms with Gasteiger partial charge in [0.25, 0.3) is 0 Å². The Morgan fingerprint density at radius 3 is 2.71 bits per heavy atom. The molecule has 2 heteroatoms. The smallest absolute Gasteiger partial charge is 0.0411 e. The Hall–Kier alpha value is -1.02. The van der Waals surface area contributed by atoms with Gasteiger partial charge in [0.1, 0.15) is 0 Å². The molecule has 1 unspecified atom stereocenters. The van der Waals surface area contributed by atoms with E-state index < -0.39 is 0 Å². The molecule has 1 saturated carbocycles. The van der Waals surface area contributed by atoms with E-state index >= 15 is 0 Å². The highest BCUT2D eigenvalue weighted by Gasteiger charge is 2.31. The van der Waals surface area contributed by atoms with E-state index in [2.05, 4.69) is 49.3 Å². The summed E-state index contributed by atoms with van der Waals surface area (Å²) in [5.74, 6) is 0.906. The summed E-state index contributed by atoms with van der Waals surface area (Å²) in [5, 5.41) is 3.26. The van der Waals surface area contributed by atoms with E-state index in [4.69, 9.17) is 0 Å². The highest BCUT2D eigenvalue weighted by molar-refractivity contribution is 5.55. The van der Waals surface area contributed by atoms with Gasteiger partial charge in [-0.25, -0.2) is 0 Å². The van der Waals surface area contributed by atoms with Gasteiger partial charge in [-0.1, -0.05) is 17.7 Å². The molecule has 2 nitrogen and oxygen atoms in total. The summed E-state index contributed by atoms with van der Waals surface area (Å²) >= 11 is 0. The molecule has 1 atom stereocenters. The third-order valence-corrected chi connectivity index (χ3v) is 3.90. The van der Waals surface area contributed by atoms with E-state index in [1.54, 1.807) is 0 Å². The van der Waals surface area contributed by atoms with Crippen LogP contribution in [0.15, 0.2) is 18.2 Å². The molecule has 0 saturated heterocycles. The van der Waals surface area contributed by atoms with Crippen LogP contribution >= 0.6 is 0 Å². The van der Waals surface area contributed by atoms with Gasteiger partial charge >= 0.3 is 0 Å². The molecule has 1 N–H and O–H groups in total. The maximum Gasteiger partial charge on any atom is 0.0411 e. The Balaban J connectivity index is 2.22. The summed E-state index contributed by atoms with van der Waals surface area (Å²) < 4.78 is 0. The van der Waals surface area contributed by atoms with Crippen molar-refractivity contribution >= 4 is 5.69 Å². The van der Waals surface area contributed by atoms with Crippen LogP contribution in [-0.4, -0.2) is 20.1 Å². The van der Waals surface area contributed by atoms with Crippen LogP contribution in [0.25, 0.3) is 0 Å². The standard InChI is InChI=1S/C15H24N2/c1-11-5-8-15(14(9-11)10-16-3)17(4)12(2)13-6-7-13/h5,8-9,12-13,16H,6-7,10H2,1-4H3. The number of benzene rings is 1. The number of hydrogen-bond acceptors (Lipinski definition) is 2. The molecule has 1 aliphatic carbocycles. The number of hydrogen-bond donors (Lipinski definition) is 1. The van der Waals surface area contributed by atoms with Crippen LogP contribution in [0.4, 0.5) is 5.69 Å². The van der Waals surface area contributed by atoms with E-state index in [0.717, 1.165) is 12.5 Å². The fourth-order valence-electron chi connectivity index (χ4n) is 2.50. The minimum Gasteiger partial charge on any atom is -0.371 e. The van der Waals surface area contributed by atoms with E-state index in [0.29, 0.717) is 6.04 Å². The molecular weight excluding hydrogens is 208 g/mol. The second-order valence-electron chi connectivity index (χ2n) is 5.35. The van der Waals surface area contributed by atoms with Crippen LogP contribution in [0.1, 0.15) is 30.9 Å². The van der Waals surface area contributed by atoms with Gasteiger partial charge in [0.05, 0.1) is 0 Å². The van der Waals surface area contributed by atoms with Crippen molar-refractivity contribution in [2.24, 2.45) is 5.92 Å². The second-order valence-corrected chi connectivity index (χ2v) is 5.35. The Morgan fingerprint density at radius 2 is 2.12 bits per heavy atom. The molecule has 0 bridgehead atoms. The molecule has 1 aliphatic rings. The van der Waals surface area contributed by atoms with Crippen molar-refractivity contribution in [3.05, 3.63) is 29.3 Å². The average Bonchev–Trinajstić information content (AvgIpc) is 3.12. The first kappa shape index (κ1) is 12.4. The third-order valence-electron chi connectivity index (χ3n) is 3.90. The molecule has 17 heavy (non-hydrogen) atoms. The van der Waals surface area contributed by atoms with Crippen molar-refractivity contribution in [1.29, 1.82) is 0 Å². The van der Waals surface area contributed by atoms with Crippen LogP contribution in [0.2, 0.25) is 0 Å². The molecule has 0 amide bonds. The van der Waals surface area contributed by atoms with Crippen molar-refractivity contribution in [3.63, 3.8) is 0 Å². The van der Waals surface area contributed by atoms with Crippen LogP contribution in [0, 0.1) is 12.8 Å². The van der Waals surface area contributed by atoms with Gasteiger partial charge in [-0.3, -0.25) is 0 Å². The lowest BCUT2D eigenvalue weighted by molar-refractivity contribution is 0.606. The summed E-state index contributed by atoms with van der Waals surface area (Å²) in [5.41, 5.74) is 4.12. The topological polar surface area (TPSA) is 15.3 Å². The van der Waals surface area contributed by atoms with Gasteiger partial charge in [-0.2, -0.15) is 0 Å². The third kappa shape index (κ3) is 2.81. The van der Waals surface area contributed by atoms with Crippen molar-refractivity contribution in [3.8, 4) is 0 Å². The zero-order chi connectivity index (χ0) is 12.4. The normalized spacial score (nSPS) is 16.9. The molecule has 2 rings (SSSR count). The first-order valence-electron chi connectivity index (χ1n) is 6.60. The van der Waals surface area contributed by atoms with Gasteiger partial charge in [-0.05, 0) is 51.3 Å². The van der Waals surface area contributed by atoms with Gasteiger partial charge < -0.3 is 10.2 Å². The number of nitrogens with zero attached hydrogens (tertiary/aromatic N) is 1. The number of anilines is 1. The first-order valence-corrected chi connectivity index (χ1v) is 6.60. The summed E-state index contributed by atoms with van der Waals surface area (Å²) in [6.45, 7) is 5.45. The van der Waals surface area contributed by atoms with Gasteiger partial charge in [-0.15, -0.1) is 0 Å². The molecule has 0 aromatic heterocycles. The lowest BCUT2D eigenvalue weighted by Crippen LogP contribution is -2.31. The Kier molecular flexibility index (Phi) is 3.72. The maximum absolute atomic E-state index is 3.26. The SMILES string of the molecule is CNCc1cc(C)ccc1N(C)C(C)C1CC1. The predicted octanol–water partition coefficient (Wildman–Crippen LogP) is 2.95. The van der Waals surface area contributed by atoms with Crippen molar-refractivity contribution in [2.75, 3.05) is 19.0 Å². The molecular formula is C15H24N2. The van der Waals surface area contributed by atoms with Crippen LogP contribution < -0.4 is 10.2 Å². The zero-order valence-corrected chi connectivity index (χ0v) is 11.5. The predicted molar refractivity (Wildman–Crippen MR) is 74.5 cm³/mol. The highest BCUT2D eigenvalue weighted by Crippen LogP contribution is 2.37. The Bertz CT molecular complexity index is 383. The molecule has 1 aromatic rings. The van der Waals surface area contributed by atoms with E-state index in [1.807, 2.05) is 7.05 Å². The summed E-state index contributed by atoms with van der Waals surface area (Å²) in [7, 11) is 4.24. The van der Waals surface area contributed by atoms with E-state index in [-0.39, 0.29) is 0 Å². The second kappa shape index (κ2) is 5.09.